The van der Waals surface area contributed by atoms with E-state index in [1.807, 2.05) is 63.2 Å². The zero-order valence-electron chi connectivity index (χ0n) is 14.2. The van der Waals surface area contributed by atoms with Gasteiger partial charge in [0.2, 0.25) is 5.91 Å². The van der Waals surface area contributed by atoms with E-state index in [0.717, 1.165) is 11.3 Å². The van der Waals surface area contributed by atoms with Gasteiger partial charge in [-0.3, -0.25) is 4.79 Å². The van der Waals surface area contributed by atoms with Gasteiger partial charge in [0.15, 0.2) is 0 Å². The topological polar surface area (TPSA) is 70.2 Å². The van der Waals surface area contributed by atoms with Crippen LogP contribution in [0.25, 0.3) is 0 Å². The molecular formula is C19H23N3O2. The molecule has 0 heterocycles. The Morgan fingerprint density at radius 1 is 0.875 bits per heavy atom. The number of benzene rings is 2. The summed E-state index contributed by atoms with van der Waals surface area (Å²) >= 11 is 0. The lowest BCUT2D eigenvalue weighted by molar-refractivity contribution is -0.118. The summed E-state index contributed by atoms with van der Waals surface area (Å²) in [4.78, 5) is 24.6. The highest BCUT2D eigenvalue weighted by atomic mass is 16.2. The smallest absolute Gasteiger partial charge is 0.319 e. The van der Waals surface area contributed by atoms with Crippen molar-refractivity contribution in [1.29, 1.82) is 0 Å². The summed E-state index contributed by atoms with van der Waals surface area (Å²) in [5.41, 5.74) is 2.45. The minimum absolute atomic E-state index is 0.0451. The molecular weight excluding hydrogens is 302 g/mol. The number of carbonyl (C=O) groups excluding carboxylic acids is 2. The number of carbonyl (C=O) groups is 2. The van der Waals surface area contributed by atoms with Crippen LogP contribution in [0, 0.1) is 12.8 Å². The van der Waals surface area contributed by atoms with Crippen LogP contribution >= 0.6 is 0 Å². The van der Waals surface area contributed by atoms with Gasteiger partial charge >= 0.3 is 6.03 Å². The maximum atomic E-state index is 12.5. The Hall–Kier alpha value is -2.82. The number of hydrogen-bond donors (Lipinski definition) is 3. The van der Waals surface area contributed by atoms with Crippen LogP contribution in [0.4, 0.5) is 16.2 Å². The number of para-hydroxylation sites is 1. The van der Waals surface area contributed by atoms with E-state index in [-0.39, 0.29) is 11.8 Å². The number of anilines is 2. The minimum Gasteiger partial charge on any atom is -0.326 e. The number of aryl methyl sites for hydroxylation is 1. The SMILES string of the molecule is Cc1cccc(NC(=O)C(NC(=O)Nc2ccccc2)C(C)C)c1. The number of amides is 3. The summed E-state index contributed by atoms with van der Waals surface area (Å²) in [7, 11) is 0. The van der Waals surface area contributed by atoms with E-state index >= 15 is 0 Å². The van der Waals surface area contributed by atoms with E-state index in [1.165, 1.54) is 0 Å². The second kappa shape index (κ2) is 8.15. The molecule has 126 valence electrons. The number of hydrogen-bond acceptors (Lipinski definition) is 2. The van der Waals surface area contributed by atoms with Crippen molar-refractivity contribution in [2.24, 2.45) is 5.92 Å². The van der Waals surface area contributed by atoms with Gasteiger partial charge in [-0.15, -0.1) is 0 Å². The molecule has 0 saturated heterocycles. The van der Waals surface area contributed by atoms with Crippen LogP contribution in [0.3, 0.4) is 0 Å². The van der Waals surface area contributed by atoms with Crippen molar-refractivity contribution >= 4 is 23.3 Å². The third-order valence-corrected chi connectivity index (χ3v) is 3.55. The maximum Gasteiger partial charge on any atom is 0.319 e. The molecule has 1 atom stereocenters. The van der Waals surface area contributed by atoms with Gasteiger partial charge in [-0.1, -0.05) is 44.2 Å². The van der Waals surface area contributed by atoms with E-state index < -0.39 is 12.1 Å². The molecule has 0 fully saturated rings. The molecule has 0 aliphatic heterocycles. The molecule has 5 nitrogen and oxygen atoms in total. The van der Waals surface area contributed by atoms with Gasteiger partial charge < -0.3 is 16.0 Å². The summed E-state index contributed by atoms with van der Waals surface area (Å²) in [6, 6.07) is 15.6. The van der Waals surface area contributed by atoms with Crippen molar-refractivity contribution in [3.05, 3.63) is 60.2 Å². The largest absolute Gasteiger partial charge is 0.326 e. The van der Waals surface area contributed by atoms with Gasteiger partial charge in [-0.05, 0) is 42.7 Å². The summed E-state index contributed by atoms with van der Waals surface area (Å²) < 4.78 is 0. The predicted octanol–water partition coefficient (Wildman–Crippen LogP) is 3.78. The zero-order chi connectivity index (χ0) is 17.5. The highest BCUT2D eigenvalue weighted by Crippen LogP contribution is 2.12. The van der Waals surface area contributed by atoms with Crippen LogP contribution in [-0.4, -0.2) is 18.0 Å². The van der Waals surface area contributed by atoms with Gasteiger partial charge in [0.05, 0.1) is 0 Å². The number of urea groups is 1. The van der Waals surface area contributed by atoms with Crippen LogP contribution in [0.5, 0.6) is 0 Å². The Kier molecular flexibility index (Phi) is 5.95. The molecule has 3 amide bonds. The molecule has 24 heavy (non-hydrogen) atoms. The molecule has 0 aromatic heterocycles. The zero-order valence-corrected chi connectivity index (χ0v) is 14.2. The fourth-order valence-electron chi connectivity index (χ4n) is 2.31. The summed E-state index contributed by atoms with van der Waals surface area (Å²) in [5, 5.41) is 8.31. The van der Waals surface area contributed by atoms with Gasteiger partial charge in [-0.2, -0.15) is 0 Å². The summed E-state index contributed by atoms with van der Waals surface area (Å²) in [6.07, 6.45) is 0. The van der Waals surface area contributed by atoms with Crippen molar-refractivity contribution in [3.63, 3.8) is 0 Å². The Balaban J connectivity index is 2.00. The molecule has 0 aliphatic carbocycles. The standard InChI is InChI=1S/C19H23N3O2/c1-13(2)17(18(23)20-16-11-7-8-14(3)12-16)22-19(24)21-15-9-5-4-6-10-15/h4-13,17H,1-3H3,(H,20,23)(H2,21,22,24). The molecule has 2 aromatic rings. The second-order valence-corrected chi connectivity index (χ2v) is 6.04. The first-order valence-corrected chi connectivity index (χ1v) is 7.96. The first kappa shape index (κ1) is 17.5. The van der Waals surface area contributed by atoms with Crippen molar-refractivity contribution in [2.45, 2.75) is 26.8 Å². The number of nitrogens with one attached hydrogen (secondary N) is 3. The van der Waals surface area contributed by atoms with Crippen molar-refractivity contribution < 1.29 is 9.59 Å². The summed E-state index contributed by atoms with van der Waals surface area (Å²) in [5.74, 6) is -0.282. The molecule has 5 heteroatoms. The molecule has 0 saturated carbocycles. The van der Waals surface area contributed by atoms with E-state index in [1.54, 1.807) is 12.1 Å². The summed E-state index contributed by atoms with van der Waals surface area (Å²) in [6.45, 7) is 5.74. The molecule has 0 bridgehead atoms. The third-order valence-electron chi connectivity index (χ3n) is 3.55. The molecule has 0 radical (unpaired) electrons. The van der Waals surface area contributed by atoms with Crippen molar-refractivity contribution in [2.75, 3.05) is 10.6 Å². The van der Waals surface area contributed by atoms with Crippen molar-refractivity contribution in [3.8, 4) is 0 Å². The predicted molar refractivity (Wildman–Crippen MR) is 97.0 cm³/mol. The molecule has 2 rings (SSSR count). The van der Waals surface area contributed by atoms with Gasteiger partial charge in [-0.25, -0.2) is 4.79 Å². The molecule has 1 unspecified atom stereocenters. The van der Waals surface area contributed by atoms with Crippen molar-refractivity contribution in [1.82, 2.24) is 5.32 Å². The van der Waals surface area contributed by atoms with E-state index in [0.29, 0.717) is 5.69 Å². The lowest BCUT2D eigenvalue weighted by atomic mass is 10.0. The van der Waals surface area contributed by atoms with Crippen LogP contribution < -0.4 is 16.0 Å². The van der Waals surface area contributed by atoms with E-state index in [9.17, 15) is 9.59 Å². The Morgan fingerprint density at radius 3 is 2.17 bits per heavy atom. The van der Waals surface area contributed by atoms with Crippen LogP contribution in [0.2, 0.25) is 0 Å². The fourth-order valence-corrected chi connectivity index (χ4v) is 2.31. The van der Waals surface area contributed by atoms with Gasteiger partial charge in [0.25, 0.3) is 0 Å². The quantitative estimate of drug-likeness (QED) is 0.783. The average molecular weight is 325 g/mol. The van der Waals surface area contributed by atoms with Crippen LogP contribution in [-0.2, 0) is 4.79 Å². The van der Waals surface area contributed by atoms with E-state index in [2.05, 4.69) is 16.0 Å². The van der Waals surface area contributed by atoms with Gasteiger partial charge in [0, 0.05) is 11.4 Å². The van der Waals surface area contributed by atoms with Crippen LogP contribution in [0.15, 0.2) is 54.6 Å². The number of rotatable bonds is 5. The average Bonchev–Trinajstić information content (AvgIpc) is 2.53. The first-order valence-electron chi connectivity index (χ1n) is 7.96. The lowest BCUT2D eigenvalue weighted by Crippen LogP contribution is -2.48. The molecule has 2 aromatic carbocycles. The minimum atomic E-state index is -0.630. The van der Waals surface area contributed by atoms with Crippen LogP contribution in [0.1, 0.15) is 19.4 Å². The highest BCUT2D eigenvalue weighted by Gasteiger charge is 2.24. The van der Waals surface area contributed by atoms with Gasteiger partial charge in [0.1, 0.15) is 6.04 Å². The van der Waals surface area contributed by atoms with E-state index in [4.69, 9.17) is 0 Å². The first-order chi connectivity index (χ1) is 11.5. The second-order valence-electron chi connectivity index (χ2n) is 6.04. The highest BCUT2D eigenvalue weighted by molar-refractivity contribution is 5.99. The Morgan fingerprint density at radius 2 is 1.54 bits per heavy atom. The maximum absolute atomic E-state index is 12.5. The molecule has 0 aliphatic rings. The Bertz CT molecular complexity index is 699. The lowest BCUT2D eigenvalue weighted by Gasteiger charge is -2.22. The fraction of sp³-hybridized carbons (Fsp3) is 0.263. The third kappa shape index (κ3) is 5.12. The molecule has 3 N–H and O–H groups in total. The normalized spacial score (nSPS) is 11.7. The monoisotopic (exact) mass is 325 g/mol. The Labute approximate surface area is 142 Å². The molecule has 0 spiro atoms.